The van der Waals surface area contributed by atoms with Crippen molar-refractivity contribution < 1.29 is 28.9 Å². The highest BCUT2D eigenvalue weighted by atomic mass is 16.5. The van der Waals surface area contributed by atoms with Crippen LogP contribution < -0.4 is 20.1 Å². The van der Waals surface area contributed by atoms with Crippen molar-refractivity contribution in [3.05, 3.63) is 59.7 Å². The van der Waals surface area contributed by atoms with Crippen LogP contribution in [0.3, 0.4) is 0 Å². The number of hydrogen-bond acceptors (Lipinski definition) is 8. The number of rotatable bonds is 16. The van der Waals surface area contributed by atoms with Gasteiger partial charge >= 0.3 is 0 Å². The van der Waals surface area contributed by atoms with E-state index in [1.165, 1.54) is 0 Å². The summed E-state index contributed by atoms with van der Waals surface area (Å²) in [7, 11) is 3.23. The Morgan fingerprint density at radius 1 is 1.05 bits per heavy atom. The number of methoxy groups -OCH3 is 2. The summed E-state index contributed by atoms with van der Waals surface area (Å²) in [4.78, 5) is 28.0. The van der Waals surface area contributed by atoms with Crippen LogP contribution in [0.15, 0.2) is 48.5 Å². The summed E-state index contributed by atoms with van der Waals surface area (Å²) in [6, 6.07) is 14.2. The van der Waals surface area contributed by atoms with Gasteiger partial charge in [-0.3, -0.25) is 9.59 Å². The number of benzene rings is 2. The van der Waals surface area contributed by atoms with Gasteiger partial charge in [0.15, 0.2) is 17.3 Å². The number of aliphatic hydroxyl groups excluding tert-OH is 1. The van der Waals surface area contributed by atoms with Crippen molar-refractivity contribution >= 4 is 11.7 Å². The fourth-order valence-electron chi connectivity index (χ4n) is 4.79. The molecule has 1 fully saturated rings. The number of carbonyl (C=O) groups excluding carboxylic acids is 2. The summed E-state index contributed by atoms with van der Waals surface area (Å²) >= 11 is 0. The highest BCUT2D eigenvalue weighted by Gasteiger charge is 2.32. The van der Waals surface area contributed by atoms with E-state index in [1.807, 2.05) is 24.8 Å². The lowest BCUT2D eigenvalue weighted by atomic mass is 9.94. The summed E-state index contributed by atoms with van der Waals surface area (Å²) in [5, 5.41) is 17.0. The van der Waals surface area contributed by atoms with Crippen LogP contribution >= 0.6 is 0 Å². The van der Waals surface area contributed by atoms with Crippen LogP contribution in [0.5, 0.6) is 11.5 Å². The molecular weight excluding hydrogens is 498 g/mol. The first-order chi connectivity index (χ1) is 18.8. The molecule has 9 heteroatoms. The predicted octanol–water partition coefficient (Wildman–Crippen LogP) is 2.69. The normalized spacial score (nSPS) is 17.7. The molecule has 1 aliphatic heterocycles. The minimum absolute atomic E-state index is 0.00230. The van der Waals surface area contributed by atoms with E-state index in [1.54, 1.807) is 56.7 Å². The molecule has 2 aromatic carbocycles. The molecule has 0 aliphatic carbocycles. The Bertz CT molecular complexity index is 1050. The molecule has 0 saturated carbocycles. The number of ether oxygens (including phenoxy) is 3. The molecule has 0 bridgehead atoms. The van der Waals surface area contributed by atoms with Gasteiger partial charge in [0.2, 0.25) is 0 Å². The van der Waals surface area contributed by atoms with Gasteiger partial charge in [0, 0.05) is 44.8 Å². The fourth-order valence-corrected chi connectivity index (χ4v) is 4.79. The molecule has 3 rings (SSSR count). The standard InChI is InChI=1S/C30H43N3O6/c1-21(2)33(30(36)23-11-12-27(38-4)28(15-23)39-14-8-13-37-3)20-25-18-31-16-24(25)17-32-19-26(34)29(35)22-9-6-5-7-10-22/h5-7,9-12,15,21,24-25,29,31-32,35H,8,13-14,16-20H2,1-4H3/t24-,25-,29-/m0/s1. The van der Waals surface area contributed by atoms with Crippen molar-refractivity contribution in [1.29, 1.82) is 0 Å². The lowest BCUT2D eigenvalue weighted by Gasteiger charge is -2.32. The van der Waals surface area contributed by atoms with Crippen LogP contribution in [-0.4, -0.2) is 87.9 Å². The molecule has 3 atom stereocenters. The molecule has 0 spiro atoms. The van der Waals surface area contributed by atoms with Crippen LogP contribution in [0.4, 0.5) is 0 Å². The molecule has 2 aromatic rings. The maximum Gasteiger partial charge on any atom is 0.254 e. The van der Waals surface area contributed by atoms with Crippen LogP contribution in [0, 0.1) is 11.8 Å². The molecular formula is C30H43N3O6. The van der Waals surface area contributed by atoms with Crippen molar-refractivity contribution in [2.75, 3.05) is 60.2 Å². The molecule has 214 valence electrons. The average Bonchev–Trinajstić information content (AvgIpc) is 3.40. The predicted molar refractivity (Wildman–Crippen MR) is 150 cm³/mol. The van der Waals surface area contributed by atoms with Gasteiger partial charge in [0.1, 0.15) is 6.10 Å². The Morgan fingerprint density at radius 2 is 1.79 bits per heavy atom. The Kier molecular flexibility index (Phi) is 12.2. The first kappa shape index (κ1) is 30.6. The fraction of sp³-hybridized carbons (Fsp3) is 0.533. The minimum Gasteiger partial charge on any atom is -0.493 e. The molecule has 1 amide bonds. The van der Waals surface area contributed by atoms with E-state index in [0.717, 1.165) is 19.5 Å². The monoisotopic (exact) mass is 541 g/mol. The van der Waals surface area contributed by atoms with Crippen molar-refractivity contribution in [2.24, 2.45) is 11.8 Å². The highest BCUT2D eigenvalue weighted by molar-refractivity contribution is 5.95. The topological polar surface area (TPSA) is 109 Å². The van der Waals surface area contributed by atoms with Gasteiger partial charge in [0.25, 0.3) is 5.91 Å². The maximum atomic E-state index is 13.6. The van der Waals surface area contributed by atoms with Gasteiger partial charge in [-0.05, 0) is 62.5 Å². The van der Waals surface area contributed by atoms with E-state index in [9.17, 15) is 14.7 Å². The van der Waals surface area contributed by atoms with Gasteiger partial charge in [-0.2, -0.15) is 0 Å². The molecule has 39 heavy (non-hydrogen) atoms. The van der Waals surface area contributed by atoms with Crippen molar-refractivity contribution in [1.82, 2.24) is 15.5 Å². The summed E-state index contributed by atoms with van der Waals surface area (Å²) < 4.78 is 16.4. The number of nitrogens with one attached hydrogen (secondary N) is 2. The molecule has 1 aliphatic rings. The molecule has 0 unspecified atom stereocenters. The van der Waals surface area contributed by atoms with Gasteiger partial charge in [0.05, 0.1) is 20.3 Å². The minimum atomic E-state index is -1.14. The lowest BCUT2D eigenvalue weighted by molar-refractivity contribution is -0.126. The van der Waals surface area contributed by atoms with Crippen molar-refractivity contribution in [3.63, 3.8) is 0 Å². The number of hydrogen-bond donors (Lipinski definition) is 3. The molecule has 0 radical (unpaired) electrons. The Balaban J connectivity index is 1.59. The summed E-state index contributed by atoms with van der Waals surface area (Å²) in [6.07, 6.45) is -0.403. The second-order valence-corrected chi connectivity index (χ2v) is 10.2. The molecule has 0 aromatic heterocycles. The van der Waals surface area contributed by atoms with E-state index in [4.69, 9.17) is 14.2 Å². The van der Waals surface area contributed by atoms with E-state index in [2.05, 4.69) is 10.6 Å². The first-order valence-electron chi connectivity index (χ1n) is 13.6. The Hall–Kier alpha value is -2.98. The lowest BCUT2D eigenvalue weighted by Crippen LogP contribution is -2.43. The van der Waals surface area contributed by atoms with E-state index in [0.29, 0.717) is 48.9 Å². The van der Waals surface area contributed by atoms with Crippen molar-refractivity contribution in [2.45, 2.75) is 32.4 Å². The average molecular weight is 542 g/mol. The first-order valence-corrected chi connectivity index (χ1v) is 13.6. The van der Waals surface area contributed by atoms with Crippen molar-refractivity contribution in [3.8, 4) is 11.5 Å². The van der Waals surface area contributed by atoms with Gasteiger partial charge in [-0.15, -0.1) is 0 Å². The third-order valence-corrected chi connectivity index (χ3v) is 7.08. The SMILES string of the molecule is COCCCOc1cc(C(=O)N(C[C@@H]2CNC[C@H]2CNCC(=O)[C@@H](O)c2ccccc2)C(C)C)ccc1OC. The van der Waals surface area contributed by atoms with E-state index >= 15 is 0 Å². The zero-order valence-corrected chi connectivity index (χ0v) is 23.5. The quantitative estimate of drug-likeness (QED) is 0.279. The Morgan fingerprint density at radius 3 is 2.49 bits per heavy atom. The second kappa shape index (κ2) is 15.6. The van der Waals surface area contributed by atoms with Gasteiger partial charge < -0.3 is 34.9 Å². The summed E-state index contributed by atoms with van der Waals surface area (Å²) in [5.41, 5.74) is 1.14. The number of nitrogens with zero attached hydrogens (tertiary/aromatic N) is 1. The molecule has 3 N–H and O–H groups in total. The smallest absolute Gasteiger partial charge is 0.254 e. The zero-order valence-electron chi connectivity index (χ0n) is 23.5. The zero-order chi connectivity index (χ0) is 28.2. The van der Waals surface area contributed by atoms with Gasteiger partial charge in [-0.1, -0.05) is 30.3 Å². The number of Topliss-reactive ketones (excluding diaryl/α,β-unsaturated/α-hetero) is 1. The second-order valence-electron chi connectivity index (χ2n) is 10.2. The van der Waals surface area contributed by atoms with Gasteiger partial charge in [-0.25, -0.2) is 0 Å². The number of carbonyl (C=O) groups is 2. The number of amides is 1. The third kappa shape index (κ3) is 8.76. The number of aliphatic hydroxyl groups is 1. The highest BCUT2D eigenvalue weighted by Crippen LogP contribution is 2.29. The van der Waals surface area contributed by atoms with Crippen LogP contribution in [0.2, 0.25) is 0 Å². The summed E-state index contributed by atoms with van der Waals surface area (Å²) in [6.45, 7) is 7.98. The largest absolute Gasteiger partial charge is 0.493 e. The summed E-state index contributed by atoms with van der Waals surface area (Å²) in [5.74, 6) is 1.27. The molecule has 9 nitrogen and oxygen atoms in total. The Labute approximate surface area is 231 Å². The van der Waals surface area contributed by atoms with Crippen LogP contribution in [0.1, 0.15) is 42.3 Å². The molecule has 1 saturated heterocycles. The van der Waals surface area contributed by atoms with Crippen LogP contribution in [0.25, 0.3) is 0 Å². The molecule has 1 heterocycles. The van der Waals surface area contributed by atoms with Crippen LogP contribution in [-0.2, 0) is 9.53 Å². The maximum absolute atomic E-state index is 13.6. The van der Waals surface area contributed by atoms with E-state index in [-0.39, 0.29) is 36.1 Å². The number of ketones is 1. The van der Waals surface area contributed by atoms with E-state index < -0.39 is 6.10 Å². The third-order valence-electron chi connectivity index (χ3n) is 7.08.